The van der Waals surface area contributed by atoms with E-state index in [0.29, 0.717) is 32.9 Å². The zero-order chi connectivity index (χ0) is 13.8. The fourth-order valence-electron chi connectivity index (χ4n) is 2.50. The van der Waals surface area contributed by atoms with E-state index in [9.17, 15) is 4.79 Å². The molecule has 20 heavy (non-hydrogen) atoms. The Bertz CT molecular complexity index is 458. The molecule has 5 nitrogen and oxygen atoms in total. The third kappa shape index (κ3) is 2.94. The summed E-state index contributed by atoms with van der Waals surface area (Å²) in [5.41, 5.74) is 0.684. The summed E-state index contributed by atoms with van der Waals surface area (Å²) in [5, 5.41) is 0. The molecule has 1 aromatic carbocycles. The minimum absolute atomic E-state index is 0.297. The molecule has 2 aliphatic heterocycles. The van der Waals surface area contributed by atoms with Gasteiger partial charge in [0.05, 0.1) is 26.4 Å². The second-order valence-corrected chi connectivity index (χ2v) is 5.30. The summed E-state index contributed by atoms with van der Waals surface area (Å²) in [6.07, 6.45) is 0.643. The minimum Gasteiger partial charge on any atom is -0.445 e. The van der Waals surface area contributed by atoms with Gasteiger partial charge < -0.3 is 19.1 Å². The molecule has 0 aromatic heterocycles. The molecule has 2 fully saturated rings. The molecule has 1 unspecified atom stereocenters. The number of hydrogen-bond donors (Lipinski definition) is 0. The van der Waals surface area contributed by atoms with Crippen molar-refractivity contribution in [3.8, 4) is 0 Å². The lowest BCUT2D eigenvalue weighted by Crippen LogP contribution is -2.55. The largest absolute Gasteiger partial charge is 0.445 e. The molecule has 0 bridgehead atoms. The van der Waals surface area contributed by atoms with Gasteiger partial charge in [-0.2, -0.15) is 0 Å². The van der Waals surface area contributed by atoms with Crippen molar-refractivity contribution in [1.82, 2.24) is 4.90 Å². The summed E-state index contributed by atoms with van der Waals surface area (Å²) in [6.45, 7) is 3.25. The smallest absolute Gasteiger partial charge is 0.410 e. The Balaban J connectivity index is 1.55. The highest BCUT2D eigenvalue weighted by molar-refractivity contribution is 5.67. The fourth-order valence-corrected chi connectivity index (χ4v) is 2.50. The van der Waals surface area contributed by atoms with Gasteiger partial charge in [-0.1, -0.05) is 30.3 Å². The maximum atomic E-state index is 12.1. The third-order valence-corrected chi connectivity index (χ3v) is 3.78. The van der Waals surface area contributed by atoms with E-state index in [1.165, 1.54) is 0 Å². The highest BCUT2D eigenvalue weighted by Crippen LogP contribution is 2.29. The first kappa shape index (κ1) is 13.4. The molecule has 0 aliphatic carbocycles. The molecular weight excluding hydrogens is 258 g/mol. The van der Waals surface area contributed by atoms with Crippen LogP contribution in [0.25, 0.3) is 0 Å². The van der Waals surface area contributed by atoms with Crippen LogP contribution in [0.4, 0.5) is 4.79 Å². The van der Waals surface area contributed by atoms with Gasteiger partial charge in [0.2, 0.25) is 0 Å². The van der Waals surface area contributed by atoms with E-state index in [0.717, 1.165) is 18.6 Å². The average molecular weight is 277 g/mol. The predicted molar refractivity (Wildman–Crippen MR) is 72.3 cm³/mol. The number of carbonyl (C=O) groups is 1. The van der Waals surface area contributed by atoms with Crippen LogP contribution in [0.2, 0.25) is 0 Å². The van der Waals surface area contributed by atoms with Crippen molar-refractivity contribution < 1.29 is 19.0 Å². The van der Waals surface area contributed by atoms with Crippen LogP contribution in [0, 0.1) is 0 Å². The quantitative estimate of drug-likeness (QED) is 0.827. The van der Waals surface area contributed by atoms with E-state index in [1.54, 1.807) is 4.90 Å². The van der Waals surface area contributed by atoms with Crippen LogP contribution in [0.3, 0.4) is 0 Å². The zero-order valence-electron chi connectivity index (χ0n) is 11.4. The van der Waals surface area contributed by atoms with Crippen LogP contribution < -0.4 is 0 Å². The molecule has 0 radical (unpaired) electrons. The van der Waals surface area contributed by atoms with E-state index in [2.05, 4.69) is 0 Å². The molecule has 1 amide bonds. The zero-order valence-corrected chi connectivity index (χ0v) is 11.4. The van der Waals surface area contributed by atoms with Gasteiger partial charge in [-0.15, -0.1) is 0 Å². The molecule has 2 saturated heterocycles. The lowest BCUT2D eigenvalue weighted by atomic mass is 9.95. The van der Waals surface area contributed by atoms with Crippen LogP contribution in [-0.2, 0) is 20.8 Å². The molecule has 108 valence electrons. The first-order valence-electron chi connectivity index (χ1n) is 6.95. The number of nitrogens with zero attached hydrogens (tertiary/aromatic N) is 1. The maximum Gasteiger partial charge on any atom is 0.410 e. The van der Waals surface area contributed by atoms with Gasteiger partial charge in [-0.05, 0) is 5.56 Å². The van der Waals surface area contributed by atoms with Crippen molar-refractivity contribution in [2.45, 2.75) is 18.6 Å². The van der Waals surface area contributed by atoms with Gasteiger partial charge in [0.25, 0.3) is 0 Å². The van der Waals surface area contributed by atoms with Gasteiger partial charge in [0.15, 0.2) is 0 Å². The number of ether oxygens (including phenoxy) is 3. The molecule has 0 saturated carbocycles. The summed E-state index contributed by atoms with van der Waals surface area (Å²) in [6, 6.07) is 9.68. The lowest BCUT2D eigenvalue weighted by Gasteiger charge is -2.42. The number of hydrogen-bond acceptors (Lipinski definition) is 4. The van der Waals surface area contributed by atoms with Crippen molar-refractivity contribution in [2.24, 2.45) is 0 Å². The summed E-state index contributed by atoms with van der Waals surface area (Å²) in [4.78, 5) is 13.8. The van der Waals surface area contributed by atoms with Crippen molar-refractivity contribution >= 4 is 6.09 Å². The Morgan fingerprint density at radius 2 is 2.10 bits per heavy atom. The second-order valence-electron chi connectivity index (χ2n) is 5.30. The summed E-state index contributed by atoms with van der Waals surface area (Å²) >= 11 is 0. The van der Waals surface area contributed by atoms with E-state index >= 15 is 0 Å². The fraction of sp³-hybridized carbons (Fsp3) is 0.533. The predicted octanol–water partition coefficient (Wildman–Crippen LogP) is 1.81. The highest BCUT2D eigenvalue weighted by atomic mass is 16.6. The van der Waals surface area contributed by atoms with Gasteiger partial charge >= 0.3 is 6.09 Å². The van der Waals surface area contributed by atoms with E-state index in [1.807, 2.05) is 30.3 Å². The van der Waals surface area contributed by atoms with Gasteiger partial charge in [-0.3, -0.25) is 0 Å². The second kappa shape index (κ2) is 5.81. The first-order valence-corrected chi connectivity index (χ1v) is 6.95. The van der Waals surface area contributed by atoms with Crippen molar-refractivity contribution in [1.29, 1.82) is 0 Å². The number of amides is 1. The van der Waals surface area contributed by atoms with Crippen molar-refractivity contribution in [3.05, 3.63) is 35.9 Å². The number of benzene rings is 1. The normalized spacial score (nSPS) is 25.9. The van der Waals surface area contributed by atoms with E-state index < -0.39 is 0 Å². The lowest BCUT2D eigenvalue weighted by molar-refractivity contribution is -0.176. The number of rotatable bonds is 2. The molecule has 2 aliphatic rings. The molecule has 3 rings (SSSR count). The Kier molecular flexibility index (Phi) is 3.89. The van der Waals surface area contributed by atoms with Gasteiger partial charge in [-0.25, -0.2) is 4.79 Å². The summed E-state index contributed by atoms with van der Waals surface area (Å²) in [5.74, 6) is 0. The molecule has 1 atom stereocenters. The molecular formula is C15H19NO4. The van der Waals surface area contributed by atoms with Gasteiger partial charge in [0, 0.05) is 13.0 Å². The Labute approximate surface area is 118 Å². The summed E-state index contributed by atoms with van der Waals surface area (Å²) in [7, 11) is 0. The standard InChI is InChI=1S/C15H19NO4/c17-14(19-10-13-4-2-1-3-5-13)16-7-9-18-12-15(11-16)6-8-20-15/h1-5H,6-12H2. The van der Waals surface area contributed by atoms with Crippen LogP contribution in [0.5, 0.6) is 0 Å². The Morgan fingerprint density at radius 1 is 1.30 bits per heavy atom. The van der Waals surface area contributed by atoms with E-state index in [4.69, 9.17) is 14.2 Å². The van der Waals surface area contributed by atoms with E-state index in [-0.39, 0.29) is 11.7 Å². The van der Waals surface area contributed by atoms with Gasteiger partial charge in [0.1, 0.15) is 12.2 Å². The first-order chi connectivity index (χ1) is 9.77. The average Bonchev–Trinajstić information content (AvgIpc) is 2.68. The topological polar surface area (TPSA) is 48.0 Å². The van der Waals surface area contributed by atoms with Crippen molar-refractivity contribution in [3.63, 3.8) is 0 Å². The monoisotopic (exact) mass is 277 g/mol. The van der Waals surface area contributed by atoms with Crippen LogP contribution in [0.1, 0.15) is 12.0 Å². The molecule has 2 heterocycles. The third-order valence-electron chi connectivity index (χ3n) is 3.78. The Hall–Kier alpha value is -1.59. The molecule has 5 heteroatoms. The molecule has 0 N–H and O–H groups in total. The highest BCUT2D eigenvalue weighted by Gasteiger charge is 2.43. The molecule has 1 aromatic rings. The number of carbonyl (C=O) groups excluding carboxylic acids is 1. The van der Waals surface area contributed by atoms with Crippen LogP contribution >= 0.6 is 0 Å². The minimum atomic E-state index is -0.303. The Morgan fingerprint density at radius 3 is 2.80 bits per heavy atom. The SMILES string of the molecule is O=C(OCc1ccccc1)N1CCOCC2(CCO2)C1. The molecule has 1 spiro atoms. The van der Waals surface area contributed by atoms with Crippen LogP contribution in [0.15, 0.2) is 30.3 Å². The van der Waals surface area contributed by atoms with Crippen LogP contribution in [-0.4, -0.2) is 49.5 Å². The summed E-state index contributed by atoms with van der Waals surface area (Å²) < 4.78 is 16.5. The maximum absolute atomic E-state index is 12.1. The van der Waals surface area contributed by atoms with Crippen molar-refractivity contribution in [2.75, 3.05) is 32.9 Å².